The Hall–Kier alpha value is -1.53. The summed E-state index contributed by atoms with van der Waals surface area (Å²) >= 11 is 1.57. The lowest BCUT2D eigenvalue weighted by molar-refractivity contribution is 0.425. The van der Waals surface area contributed by atoms with Crippen LogP contribution in [-0.2, 0) is 0 Å². The first-order valence-electron chi connectivity index (χ1n) is 7.72. The Morgan fingerprint density at radius 1 is 1.32 bits per heavy atom. The van der Waals surface area contributed by atoms with E-state index < -0.39 is 0 Å². The zero-order valence-electron chi connectivity index (χ0n) is 13.6. The summed E-state index contributed by atoms with van der Waals surface area (Å²) < 4.78 is 8.46. The Balaban J connectivity index is 2.35. The molecule has 1 atom stereocenters. The third-order valence-corrected chi connectivity index (χ3v) is 4.15. The first kappa shape index (κ1) is 16.8. The van der Waals surface area contributed by atoms with Crippen molar-refractivity contribution in [2.24, 2.45) is 0 Å². The minimum absolute atomic E-state index is 0.454. The zero-order valence-corrected chi connectivity index (χ0v) is 14.5. The molecule has 0 amide bonds. The van der Waals surface area contributed by atoms with E-state index in [2.05, 4.69) is 52.2 Å². The van der Waals surface area contributed by atoms with Crippen LogP contribution in [0.25, 0.3) is 11.5 Å². The smallest absolute Gasteiger partial charge is 0.260 e. The molecule has 1 aromatic heterocycles. The fourth-order valence-corrected chi connectivity index (χ4v) is 2.91. The molecule has 5 nitrogen and oxygen atoms in total. The highest BCUT2D eigenvalue weighted by Gasteiger charge is 2.15. The highest BCUT2D eigenvalue weighted by Crippen LogP contribution is 2.31. The summed E-state index contributed by atoms with van der Waals surface area (Å²) in [5.74, 6) is 1.21. The molecule has 6 heteroatoms. The number of rotatable bonds is 8. The molecule has 0 aliphatic carbocycles. The van der Waals surface area contributed by atoms with Crippen LogP contribution in [0.3, 0.4) is 0 Å². The van der Waals surface area contributed by atoms with Crippen LogP contribution in [-0.4, -0.2) is 23.2 Å². The van der Waals surface area contributed by atoms with E-state index >= 15 is 0 Å². The van der Waals surface area contributed by atoms with Crippen molar-refractivity contribution in [2.75, 3.05) is 12.4 Å². The van der Waals surface area contributed by atoms with Gasteiger partial charge in [-0.3, -0.25) is 4.72 Å². The summed E-state index contributed by atoms with van der Waals surface area (Å²) in [6.45, 7) is 6.24. The molecule has 1 heterocycles. The van der Waals surface area contributed by atoms with Gasteiger partial charge in [-0.15, -0.1) is 0 Å². The summed E-state index contributed by atoms with van der Waals surface area (Å²) in [6, 6.07) is 6.72. The summed E-state index contributed by atoms with van der Waals surface area (Å²) in [5, 5.41) is 7.53. The molecule has 0 aliphatic rings. The van der Waals surface area contributed by atoms with Crippen LogP contribution < -0.4 is 10.0 Å². The fourth-order valence-electron chi connectivity index (χ4n) is 2.36. The molecule has 0 saturated carbocycles. The lowest BCUT2D eigenvalue weighted by Crippen LogP contribution is -2.18. The molecule has 0 bridgehead atoms. The van der Waals surface area contributed by atoms with Crippen molar-refractivity contribution in [3.8, 4) is 11.5 Å². The van der Waals surface area contributed by atoms with Crippen LogP contribution in [0.1, 0.15) is 38.9 Å². The van der Waals surface area contributed by atoms with Gasteiger partial charge in [-0.25, -0.2) is 0 Å². The summed E-state index contributed by atoms with van der Waals surface area (Å²) in [5.41, 5.74) is 2.00. The van der Waals surface area contributed by atoms with E-state index in [1.54, 1.807) is 11.9 Å². The molecule has 0 aliphatic heterocycles. The van der Waals surface area contributed by atoms with E-state index in [0.29, 0.717) is 17.8 Å². The van der Waals surface area contributed by atoms with Gasteiger partial charge in [-0.2, -0.15) is 4.98 Å². The normalized spacial score (nSPS) is 12.4. The van der Waals surface area contributed by atoms with Crippen molar-refractivity contribution in [2.45, 2.75) is 51.0 Å². The Labute approximate surface area is 136 Å². The van der Waals surface area contributed by atoms with Crippen LogP contribution in [0, 0.1) is 6.92 Å². The van der Waals surface area contributed by atoms with Crippen LogP contribution in [0.5, 0.6) is 0 Å². The first-order chi connectivity index (χ1) is 10.7. The van der Waals surface area contributed by atoms with Crippen molar-refractivity contribution in [1.82, 2.24) is 14.9 Å². The third-order valence-electron chi connectivity index (χ3n) is 3.46. The molecule has 2 rings (SSSR count). The molecule has 1 aromatic carbocycles. The lowest BCUT2D eigenvalue weighted by atomic mass is 10.1. The fraction of sp³-hybridized carbons (Fsp3) is 0.500. The van der Waals surface area contributed by atoms with Gasteiger partial charge in [0.15, 0.2) is 5.82 Å². The predicted molar refractivity (Wildman–Crippen MR) is 92.0 cm³/mol. The first-order valence-corrected chi connectivity index (χ1v) is 8.54. The number of aromatic nitrogens is 2. The molecule has 120 valence electrons. The number of nitrogens with one attached hydrogen (secondary N) is 2. The number of hydrogen-bond donors (Lipinski definition) is 2. The number of nitrogens with zero attached hydrogens (tertiary/aromatic N) is 2. The highest BCUT2D eigenvalue weighted by molar-refractivity contribution is 7.97. The van der Waals surface area contributed by atoms with Gasteiger partial charge in [0.1, 0.15) is 0 Å². The second kappa shape index (κ2) is 8.19. The molecule has 0 spiro atoms. The molecule has 0 saturated heterocycles. The monoisotopic (exact) mass is 320 g/mol. The average Bonchev–Trinajstić information content (AvgIpc) is 2.94. The van der Waals surface area contributed by atoms with Gasteiger partial charge in [0.05, 0.1) is 5.56 Å². The number of hydrogen-bond acceptors (Lipinski definition) is 6. The minimum atomic E-state index is 0.454. The summed E-state index contributed by atoms with van der Waals surface area (Å²) in [4.78, 5) is 5.49. The maximum Gasteiger partial charge on any atom is 0.260 e. The molecule has 2 aromatic rings. The van der Waals surface area contributed by atoms with Crippen LogP contribution in [0.4, 0.5) is 5.69 Å². The van der Waals surface area contributed by atoms with Gasteiger partial charge in [-0.1, -0.05) is 25.4 Å². The van der Waals surface area contributed by atoms with Crippen LogP contribution in [0.15, 0.2) is 27.6 Å². The molecular formula is C16H24N4OS. The Morgan fingerprint density at radius 3 is 2.73 bits per heavy atom. The zero-order chi connectivity index (χ0) is 15.9. The third kappa shape index (κ3) is 4.24. The molecule has 22 heavy (non-hydrogen) atoms. The molecular weight excluding hydrogens is 296 g/mol. The molecule has 2 N–H and O–H groups in total. The van der Waals surface area contributed by atoms with Crippen LogP contribution in [0.2, 0.25) is 0 Å². The average molecular weight is 320 g/mol. The van der Waals surface area contributed by atoms with Gasteiger partial charge in [0, 0.05) is 16.6 Å². The summed E-state index contributed by atoms with van der Waals surface area (Å²) in [6.07, 6.45) is 3.39. The molecule has 0 fully saturated rings. The Morgan fingerprint density at radius 2 is 2.14 bits per heavy atom. The highest BCUT2D eigenvalue weighted by atomic mass is 32.2. The lowest BCUT2D eigenvalue weighted by Gasteiger charge is -2.19. The SMILES string of the molecule is CCCC(CC)Nc1ccc(SNC)cc1-c1nc(C)no1. The van der Waals surface area contributed by atoms with Crippen molar-refractivity contribution < 1.29 is 4.52 Å². The Bertz CT molecular complexity index is 600. The van der Waals surface area contributed by atoms with Crippen molar-refractivity contribution in [3.63, 3.8) is 0 Å². The Kier molecular flexibility index (Phi) is 6.27. The van der Waals surface area contributed by atoms with Crippen molar-refractivity contribution in [1.29, 1.82) is 0 Å². The van der Waals surface area contributed by atoms with Gasteiger partial charge < -0.3 is 9.84 Å². The van der Waals surface area contributed by atoms with Crippen molar-refractivity contribution >= 4 is 17.6 Å². The predicted octanol–water partition coefficient (Wildman–Crippen LogP) is 4.26. The van der Waals surface area contributed by atoms with E-state index in [4.69, 9.17) is 4.52 Å². The number of aryl methyl sites for hydroxylation is 1. The molecule has 0 radical (unpaired) electrons. The second-order valence-corrected chi connectivity index (χ2v) is 6.28. The number of benzene rings is 1. The van der Waals surface area contributed by atoms with E-state index in [-0.39, 0.29) is 0 Å². The topological polar surface area (TPSA) is 63.0 Å². The largest absolute Gasteiger partial charge is 0.382 e. The van der Waals surface area contributed by atoms with Gasteiger partial charge in [0.2, 0.25) is 0 Å². The van der Waals surface area contributed by atoms with Gasteiger partial charge >= 0.3 is 0 Å². The van der Waals surface area contributed by atoms with E-state index in [1.807, 2.05) is 14.0 Å². The maximum atomic E-state index is 5.37. The van der Waals surface area contributed by atoms with Gasteiger partial charge in [-0.05, 0) is 57.0 Å². The quantitative estimate of drug-likeness (QED) is 0.709. The standard InChI is InChI=1S/C16H24N4OS/c1-5-7-12(6-2)19-15-9-8-13(22-17-4)10-14(15)16-18-11(3)20-21-16/h8-10,12,17,19H,5-7H2,1-4H3. The van der Waals surface area contributed by atoms with Crippen molar-refractivity contribution in [3.05, 3.63) is 24.0 Å². The van der Waals surface area contributed by atoms with E-state index in [1.165, 1.54) is 0 Å². The molecule has 1 unspecified atom stereocenters. The summed E-state index contributed by atoms with van der Waals surface area (Å²) in [7, 11) is 1.90. The maximum absolute atomic E-state index is 5.37. The van der Waals surface area contributed by atoms with E-state index in [9.17, 15) is 0 Å². The number of anilines is 1. The van der Waals surface area contributed by atoms with Gasteiger partial charge in [0.25, 0.3) is 5.89 Å². The van der Waals surface area contributed by atoms with Crippen LogP contribution >= 0.6 is 11.9 Å². The second-order valence-electron chi connectivity index (χ2n) is 5.20. The minimum Gasteiger partial charge on any atom is -0.382 e. The van der Waals surface area contributed by atoms with E-state index in [0.717, 1.165) is 35.4 Å².